The van der Waals surface area contributed by atoms with Gasteiger partial charge in [0.15, 0.2) is 0 Å². The fourth-order valence-corrected chi connectivity index (χ4v) is 3.89. The molecule has 0 fully saturated rings. The number of nitrogens with one attached hydrogen (secondary N) is 1. The van der Waals surface area contributed by atoms with Crippen molar-refractivity contribution >= 4 is 10.0 Å². The fourth-order valence-electron chi connectivity index (χ4n) is 2.28. The van der Waals surface area contributed by atoms with E-state index < -0.39 is 10.0 Å². The molecule has 0 unspecified atom stereocenters. The average molecular weight is 312 g/mol. The Bertz CT molecular complexity index is 568. The van der Waals surface area contributed by atoms with Crippen molar-refractivity contribution in [2.45, 2.75) is 52.0 Å². The van der Waals surface area contributed by atoms with Gasteiger partial charge >= 0.3 is 0 Å². The maximum atomic E-state index is 12.7. The highest BCUT2D eigenvalue weighted by molar-refractivity contribution is 7.89. The van der Waals surface area contributed by atoms with Crippen LogP contribution in [0.5, 0.6) is 0 Å². The molecule has 0 bridgehead atoms. The molecule has 0 spiro atoms. The normalized spacial score (nSPS) is 12.1. The molecule has 0 saturated carbocycles. The van der Waals surface area contributed by atoms with Crippen molar-refractivity contribution in [3.8, 4) is 0 Å². The van der Waals surface area contributed by atoms with Gasteiger partial charge in [-0.2, -0.15) is 0 Å². The highest BCUT2D eigenvalue weighted by Gasteiger charge is 2.23. The number of aryl methyl sites for hydroxylation is 1. The molecule has 1 N–H and O–H groups in total. The van der Waals surface area contributed by atoms with Crippen LogP contribution in [0.2, 0.25) is 0 Å². The predicted octanol–water partition coefficient (Wildman–Crippen LogP) is 2.83. The van der Waals surface area contributed by atoms with Crippen LogP contribution in [0.15, 0.2) is 17.0 Å². The lowest BCUT2D eigenvalue weighted by atomic mass is 10.1. The zero-order valence-corrected chi connectivity index (χ0v) is 14.7. The van der Waals surface area contributed by atoms with E-state index in [1.807, 2.05) is 26.8 Å². The van der Waals surface area contributed by atoms with Crippen molar-refractivity contribution in [3.05, 3.63) is 28.8 Å². The highest BCUT2D eigenvalue weighted by Crippen LogP contribution is 2.24. The summed E-state index contributed by atoms with van der Waals surface area (Å²) in [5, 5.41) is 3.32. The molecule has 1 aromatic rings. The second-order valence-corrected chi connectivity index (χ2v) is 7.55. The minimum Gasteiger partial charge on any atom is -0.313 e. The molecule has 1 rings (SSSR count). The molecule has 0 saturated heterocycles. The molecule has 0 aliphatic rings. The summed E-state index contributed by atoms with van der Waals surface area (Å²) >= 11 is 0. The molecule has 0 amide bonds. The molecule has 0 aliphatic heterocycles. The lowest BCUT2D eigenvalue weighted by Gasteiger charge is -2.19. The third-order valence-corrected chi connectivity index (χ3v) is 5.65. The number of hydrogen-bond donors (Lipinski definition) is 1. The monoisotopic (exact) mass is 312 g/mol. The highest BCUT2D eigenvalue weighted by atomic mass is 32.2. The Hall–Kier alpha value is -0.910. The van der Waals surface area contributed by atoms with Crippen molar-refractivity contribution in [1.29, 1.82) is 0 Å². The number of rotatable bonds is 8. The Kier molecular flexibility index (Phi) is 6.84. The minimum absolute atomic E-state index is 0.437. The maximum Gasteiger partial charge on any atom is 0.243 e. The summed E-state index contributed by atoms with van der Waals surface area (Å²) in [7, 11) is -1.75. The zero-order valence-electron chi connectivity index (χ0n) is 13.9. The molecule has 120 valence electrons. The van der Waals surface area contributed by atoms with E-state index in [9.17, 15) is 8.42 Å². The Morgan fingerprint density at radius 2 is 1.81 bits per heavy atom. The van der Waals surface area contributed by atoms with Crippen LogP contribution < -0.4 is 5.32 Å². The van der Waals surface area contributed by atoms with E-state index in [0.717, 1.165) is 36.1 Å². The topological polar surface area (TPSA) is 49.4 Å². The van der Waals surface area contributed by atoms with Crippen molar-refractivity contribution < 1.29 is 8.42 Å². The van der Waals surface area contributed by atoms with Gasteiger partial charge in [-0.25, -0.2) is 12.7 Å². The summed E-state index contributed by atoms with van der Waals surface area (Å²) < 4.78 is 26.8. The van der Waals surface area contributed by atoms with Crippen LogP contribution in [0, 0.1) is 13.8 Å². The molecule has 21 heavy (non-hydrogen) atoms. The first-order chi connectivity index (χ1) is 9.84. The lowest BCUT2D eigenvalue weighted by Crippen LogP contribution is -2.28. The van der Waals surface area contributed by atoms with E-state index >= 15 is 0 Å². The quantitative estimate of drug-likeness (QED) is 0.751. The molecule has 0 heterocycles. The van der Waals surface area contributed by atoms with E-state index in [4.69, 9.17) is 0 Å². The second-order valence-electron chi connectivity index (χ2n) is 5.54. The summed E-state index contributed by atoms with van der Waals surface area (Å²) in [5.41, 5.74) is 2.89. The molecule has 4 nitrogen and oxygen atoms in total. The van der Waals surface area contributed by atoms with Gasteiger partial charge in [0.05, 0.1) is 4.90 Å². The Balaban J connectivity index is 3.16. The molecular weight excluding hydrogens is 284 g/mol. The van der Waals surface area contributed by atoms with Crippen LogP contribution in [0.3, 0.4) is 0 Å². The first-order valence-corrected chi connectivity index (χ1v) is 9.05. The SMILES string of the molecule is CCCNCc1cc(C)c(C)c(S(=O)(=O)N(C)CCC)c1. The van der Waals surface area contributed by atoms with Crippen LogP contribution in [0.4, 0.5) is 0 Å². The van der Waals surface area contributed by atoms with Gasteiger partial charge < -0.3 is 5.32 Å². The van der Waals surface area contributed by atoms with Crippen LogP contribution in [0.1, 0.15) is 43.4 Å². The Labute approximate surface area is 129 Å². The average Bonchev–Trinajstić information content (AvgIpc) is 2.42. The molecule has 0 atom stereocenters. The molecule has 0 radical (unpaired) electrons. The molecule has 5 heteroatoms. The molecule has 0 aliphatic carbocycles. The molecular formula is C16H28N2O2S. The summed E-state index contributed by atoms with van der Waals surface area (Å²) in [4.78, 5) is 0.437. The number of benzene rings is 1. The zero-order chi connectivity index (χ0) is 16.0. The number of sulfonamides is 1. The summed E-state index contributed by atoms with van der Waals surface area (Å²) in [5.74, 6) is 0. The van der Waals surface area contributed by atoms with Gasteiger partial charge in [-0.05, 0) is 56.0 Å². The lowest BCUT2D eigenvalue weighted by molar-refractivity contribution is 0.468. The molecule has 1 aromatic carbocycles. The van der Waals surface area contributed by atoms with Crippen LogP contribution in [-0.4, -0.2) is 32.9 Å². The van der Waals surface area contributed by atoms with E-state index in [1.54, 1.807) is 7.05 Å². The Morgan fingerprint density at radius 3 is 2.38 bits per heavy atom. The van der Waals surface area contributed by atoms with E-state index in [1.165, 1.54) is 4.31 Å². The van der Waals surface area contributed by atoms with E-state index in [2.05, 4.69) is 18.3 Å². The maximum absolute atomic E-state index is 12.7. The third kappa shape index (κ3) is 4.53. The van der Waals surface area contributed by atoms with Gasteiger partial charge in [-0.3, -0.25) is 0 Å². The van der Waals surface area contributed by atoms with E-state index in [-0.39, 0.29) is 0 Å². The second kappa shape index (κ2) is 7.92. The van der Waals surface area contributed by atoms with Crippen molar-refractivity contribution in [2.75, 3.05) is 20.1 Å². The number of hydrogen-bond acceptors (Lipinski definition) is 3. The van der Waals surface area contributed by atoms with Crippen molar-refractivity contribution in [2.24, 2.45) is 0 Å². The fraction of sp³-hybridized carbons (Fsp3) is 0.625. The van der Waals surface area contributed by atoms with Gasteiger partial charge in [0.25, 0.3) is 0 Å². The minimum atomic E-state index is -3.40. The smallest absolute Gasteiger partial charge is 0.243 e. The van der Waals surface area contributed by atoms with Crippen molar-refractivity contribution in [1.82, 2.24) is 9.62 Å². The third-order valence-electron chi connectivity index (χ3n) is 3.66. The van der Waals surface area contributed by atoms with Gasteiger partial charge in [-0.15, -0.1) is 0 Å². The van der Waals surface area contributed by atoms with E-state index in [0.29, 0.717) is 18.0 Å². The van der Waals surface area contributed by atoms with Gasteiger partial charge in [0.2, 0.25) is 10.0 Å². The standard InChI is InChI=1S/C16H28N2O2S/c1-6-8-17-12-15-10-13(3)14(4)16(11-15)21(19,20)18(5)9-7-2/h10-11,17H,6-9,12H2,1-5H3. The number of nitrogens with zero attached hydrogens (tertiary/aromatic N) is 1. The molecule has 0 aromatic heterocycles. The summed E-state index contributed by atoms with van der Waals surface area (Å²) in [6, 6.07) is 3.88. The van der Waals surface area contributed by atoms with Crippen LogP contribution in [-0.2, 0) is 16.6 Å². The van der Waals surface area contributed by atoms with Crippen LogP contribution in [0.25, 0.3) is 0 Å². The first-order valence-electron chi connectivity index (χ1n) is 7.61. The van der Waals surface area contributed by atoms with Gasteiger partial charge in [0, 0.05) is 20.1 Å². The first kappa shape index (κ1) is 18.1. The Morgan fingerprint density at radius 1 is 1.14 bits per heavy atom. The van der Waals surface area contributed by atoms with Crippen molar-refractivity contribution in [3.63, 3.8) is 0 Å². The van der Waals surface area contributed by atoms with Crippen LogP contribution >= 0.6 is 0 Å². The summed E-state index contributed by atoms with van der Waals surface area (Å²) in [6.45, 7) is 10.1. The largest absolute Gasteiger partial charge is 0.313 e. The van der Waals surface area contributed by atoms with Gasteiger partial charge in [-0.1, -0.05) is 19.9 Å². The predicted molar refractivity (Wildman–Crippen MR) is 88.0 cm³/mol. The summed E-state index contributed by atoms with van der Waals surface area (Å²) in [6.07, 6.45) is 1.88. The van der Waals surface area contributed by atoms with Gasteiger partial charge in [0.1, 0.15) is 0 Å².